The summed E-state index contributed by atoms with van der Waals surface area (Å²) in [5.41, 5.74) is 5.43. The van der Waals surface area contributed by atoms with Crippen LogP contribution in [0.1, 0.15) is 34.0 Å². The predicted octanol–water partition coefficient (Wildman–Crippen LogP) is 3.79. The normalized spacial score (nSPS) is 16.5. The topological polar surface area (TPSA) is 52.6 Å². The lowest BCUT2D eigenvalue weighted by Crippen LogP contribution is -2.48. The molecule has 0 spiro atoms. The van der Waals surface area contributed by atoms with Crippen LogP contribution in [-0.4, -0.2) is 64.9 Å². The van der Waals surface area contributed by atoms with Gasteiger partial charge in [0.25, 0.3) is 5.91 Å². The van der Waals surface area contributed by atoms with Crippen molar-refractivity contribution < 1.29 is 4.79 Å². The van der Waals surface area contributed by atoms with E-state index in [0.717, 1.165) is 63.6 Å². The number of anilines is 1. The Morgan fingerprint density at radius 3 is 2.52 bits per heavy atom. The molecule has 3 heterocycles. The second kappa shape index (κ2) is 9.32. The first-order valence-corrected chi connectivity index (χ1v) is 11.9. The molecule has 33 heavy (non-hydrogen) atoms. The molecule has 0 aliphatic carbocycles. The summed E-state index contributed by atoms with van der Waals surface area (Å²) in [6, 6.07) is 16.8. The van der Waals surface area contributed by atoms with E-state index in [0.29, 0.717) is 11.4 Å². The summed E-state index contributed by atoms with van der Waals surface area (Å²) in [5.74, 6) is 1.45. The molecule has 3 aromatic rings. The molecule has 0 unspecified atom stereocenters. The number of piperazine rings is 1. The minimum atomic E-state index is 0.0374. The average molecular weight is 442 g/mol. The second-order valence-electron chi connectivity index (χ2n) is 8.97. The molecule has 170 valence electrons. The van der Waals surface area contributed by atoms with Gasteiger partial charge in [-0.3, -0.25) is 4.79 Å². The predicted molar refractivity (Wildman–Crippen MR) is 131 cm³/mol. The lowest BCUT2D eigenvalue weighted by Gasteiger charge is -2.35. The van der Waals surface area contributed by atoms with Crippen LogP contribution in [0.3, 0.4) is 0 Å². The van der Waals surface area contributed by atoms with Gasteiger partial charge >= 0.3 is 0 Å². The number of fused-ring (bicyclic) bond motifs is 1. The van der Waals surface area contributed by atoms with Gasteiger partial charge in [-0.15, -0.1) is 0 Å². The molecule has 0 saturated carbocycles. The fourth-order valence-corrected chi connectivity index (χ4v) is 4.80. The number of carbonyl (C=O) groups is 1. The van der Waals surface area contributed by atoms with Crippen LogP contribution in [0.15, 0.2) is 54.7 Å². The van der Waals surface area contributed by atoms with Crippen molar-refractivity contribution in [2.75, 3.05) is 44.2 Å². The van der Waals surface area contributed by atoms with Gasteiger partial charge in [0.05, 0.1) is 0 Å². The number of likely N-dealkylation sites (N-methyl/N-ethyl adjacent to an activating group) is 1. The van der Waals surface area contributed by atoms with Crippen molar-refractivity contribution in [3.8, 4) is 11.4 Å². The molecular formula is C27H31N5O. The van der Waals surface area contributed by atoms with Crippen LogP contribution in [0.5, 0.6) is 0 Å². The second-order valence-corrected chi connectivity index (χ2v) is 8.97. The van der Waals surface area contributed by atoms with Gasteiger partial charge in [0, 0.05) is 51.0 Å². The number of amides is 1. The van der Waals surface area contributed by atoms with Gasteiger partial charge in [0.2, 0.25) is 0 Å². The Balaban J connectivity index is 1.51. The number of rotatable bonds is 4. The molecule has 2 aromatic carbocycles. The smallest absolute Gasteiger partial charge is 0.259 e. The first kappa shape index (κ1) is 21.6. The summed E-state index contributed by atoms with van der Waals surface area (Å²) in [6.07, 6.45) is 2.69. The van der Waals surface area contributed by atoms with Crippen LogP contribution < -0.4 is 4.90 Å². The Morgan fingerprint density at radius 2 is 1.76 bits per heavy atom. The zero-order valence-corrected chi connectivity index (χ0v) is 19.5. The summed E-state index contributed by atoms with van der Waals surface area (Å²) in [7, 11) is 0. The Morgan fingerprint density at radius 1 is 0.970 bits per heavy atom. The molecule has 2 aliphatic heterocycles. The lowest BCUT2D eigenvalue weighted by molar-refractivity contribution is 0.0643. The van der Waals surface area contributed by atoms with Crippen LogP contribution in [0.2, 0.25) is 0 Å². The molecule has 1 amide bonds. The van der Waals surface area contributed by atoms with E-state index in [9.17, 15) is 4.79 Å². The maximum Gasteiger partial charge on any atom is 0.259 e. The van der Waals surface area contributed by atoms with Gasteiger partial charge in [0.15, 0.2) is 5.82 Å². The monoisotopic (exact) mass is 441 g/mol. The molecule has 6 nitrogen and oxygen atoms in total. The van der Waals surface area contributed by atoms with Crippen molar-refractivity contribution in [3.05, 3.63) is 77.0 Å². The summed E-state index contributed by atoms with van der Waals surface area (Å²) >= 11 is 0. The zero-order chi connectivity index (χ0) is 22.8. The number of nitrogens with zero attached hydrogens (tertiary/aromatic N) is 5. The third kappa shape index (κ3) is 4.48. The molecule has 0 atom stereocenters. The maximum absolute atomic E-state index is 13.6. The van der Waals surface area contributed by atoms with Crippen LogP contribution in [0.25, 0.3) is 11.4 Å². The van der Waals surface area contributed by atoms with Crippen molar-refractivity contribution in [2.24, 2.45) is 0 Å². The van der Waals surface area contributed by atoms with E-state index >= 15 is 0 Å². The molecule has 1 saturated heterocycles. The van der Waals surface area contributed by atoms with Gasteiger partial charge in [0.1, 0.15) is 11.4 Å². The first-order chi connectivity index (χ1) is 16.1. The third-order valence-corrected chi connectivity index (χ3v) is 6.81. The zero-order valence-electron chi connectivity index (χ0n) is 19.5. The highest BCUT2D eigenvalue weighted by atomic mass is 16.2. The Hall–Kier alpha value is -3.25. The fourth-order valence-electron chi connectivity index (χ4n) is 4.80. The largest absolute Gasteiger partial charge is 0.351 e. The van der Waals surface area contributed by atoms with Crippen molar-refractivity contribution in [1.82, 2.24) is 19.8 Å². The summed E-state index contributed by atoms with van der Waals surface area (Å²) in [5, 5.41) is 0. The number of benzene rings is 2. The molecule has 1 fully saturated rings. The Kier molecular flexibility index (Phi) is 6.09. The lowest BCUT2D eigenvalue weighted by atomic mass is 9.99. The molecule has 0 bridgehead atoms. The van der Waals surface area contributed by atoms with E-state index in [1.54, 1.807) is 6.20 Å². The minimum Gasteiger partial charge on any atom is -0.351 e. The molecular weight excluding hydrogens is 410 g/mol. The molecule has 0 N–H and O–H groups in total. The van der Waals surface area contributed by atoms with Crippen LogP contribution >= 0.6 is 0 Å². The van der Waals surface area contributed by atoms with E-state index < -0.39 is 0 Å². The number of hydrogen-bond acceptors (Lipinski definition) is 5. The summed E-state index contributed by atoms with van der Waals surface area (Å²) in [6.45, 7) is 10.2. The molecule has 6 heteroatoms. The third-order valence-electron chi connectivity index (χ3n) is 6.81. The Labute approximate surface area is 195 Å². The van der Waals surface area contributed by atoms with E-state index in [-0.39, 0.29) is 5.91 Å². The first-order valence-electron chi connectivity index (χ1n) is 11.9. The number of carbonyl (C=O) groups excluding carboxylic acids is 1. The standard InChI is InChI=1S/C27H31N5O/c1-3-30-13-15-31(16-14-30)27(33)24-18-28-25(22-10-6-7-20(2)17-22)29-26(24)32-12-11-21-8-4-5-9-23(21)19-32/h4-10,17-18H,3,11-16,19H2,1-2H3. The van der Waals surface area contributed by atoms with Crippen molar-refractivity contribution in [3.63, 3.8) is 0 Å². The molecule has 5 rings (SSSR count). The van der Waals surface area contributed by atoms with Crippen molar-refractivity contribution >= 4 is 11.7 Å². The SMILES string of the molecule is CCN1CCN(C(=O)c2cnc(-c3cccc(C)c3)nc2N2CCc3ccccc3C2)CC1. The molecule has 2 aliphatic rings. The van der Waals surface area contributed by atoms with Crippen molar-refractivity contribution in [1.29, 1.82) is 0 Å². The van der Waals surface area contributed by atoms with Crippen LogP contribution in [-0.2, 0) is 13.0 Å². The van der Waals surface area contributed by atoms with Crippen LogP contribution in [0.4, 0.5) is 5.82 Å². The highest BCUT2D eigenvalue weighted by Gasteiger charge is 2.28. The molecule has 1 aromatic heterocycles. The van der Waals surface area contributed by atoms with Gasteiger partial charge in [-0.25, -0.2) is 9.97 Å². The average Bonchev–Trinajstić information content (AvgIpc) is 2.87. The number of aromatic nitrogens is 2. The van der Waals surface area contributed by atoms with E-state index in [4.69, 9.17) is 4.98 Å². The maximum atomic E-state index is 13.6. The summed E-state index contributed by atoms with van der Waals surface area (Å²) < 4.78 is 0. The van der Waals surface area contributed by atoms with Gasteiger partial charge in [-0.2, -0.15) is 0 Å². The van der Waals surface area contributed by atoms with E-state index in [2.05, 4.69) is 65.0 Å². The highest BCUT2D eigenvalue weighted by molar-refractivity contribution is 5.99. The van der Waals surface area contributed by atoms with Gasteiger partial charge < -0.3 is 14.7 Å². The summed E-state index contributed by atoms with van der Waals surface area (Å²) in [4.78, 5) is 29.8. The van der Waals surface area contributed by atoms with E-state index in [1.165, 1.54) is 16.7 Å². The minimum absolute atomic E-state index is 0.0374. The van der Waals surface area contributed by atoms with Crippen LogP contribution in [0, 0.1) is 6.92 Å². The van der Waals surface area contributed by atoms with E-state index in [1.807, 2.05) is 17.0 Å². The molecule has 0 radical (unpaired) electrons. The quantitative estimate of drug-likeness (QED) is 0.617. The number of aryl methyl sites for hydroxylation is 1. The Bertz CT molecular complexity index is 1150. The highest BCUT2D eigenvalue weighted by Crippen LogP contribution is 2.29. The fraction of sp³-hybridized carbons (Fsp3) is 0.370. The van der Waals surface area contributed by atoms with Gasteiger partial charge in [-0.05, 0) is 37.1 Å². The van der Waals surface area contributed by atoms with Gasteiger partial charge in [-0.1, -0.05) is 55.0 Å². The number of hydrogen-bond donors (Lipinski definition) is 0. The van der Waals surface area contributed by atoms with Crippen molar-refractivity contribution in [2.45, 2.75) is 26.8 Å².